The summed E-state index contributed by atoms with van der Waals surface area (Å²) in [5.74, 6) is -0.383. The van der Waals surface area contributed by atoms with Crippen molar-refractivity contribution in [3.63, 3.8) is 0 Å². The van der Waals surface area contributed by atoms with E-state index in [2.05, 4.69) is 25.5 Å². The SMILES string of the molecule is Fc1ccc(-c2nnc(Sc3ccc4nnc(C(F)F)n4n3)n2-c2ccccc2)cc1. The molecule has 3 aromatic heterocycles. The number of nitrogens with zero attached hydrogens (tertiary/aromatic N) is 7. The van der Waals surface area contributed by atoms with Crippen molar-refractivity contribution >= 4 is 17.4 Å². The summed E-state index contributed by atoms with van der Waals surface area (Å²) in [7, 11) is 0. The van der Waals surface area contributed by atoms with Crippen LogP contribution in [0.5, 0.6) is 0 Å². The summed E-state index contributed by atoms with van der Waals surface area (Å²) >= 11 is 1.15. The Hall–Kier alpha value is -3.73. The van der Waals surface area contributed by atoms with Crippen molar-refractivity contribution in [2.45, 2.75) is 16.6 Å². The third-order valence-corrected chi connectivity index (χ3v) is 5.28. The molecule has 5 rings (SSSR count). The van der Waals surface area contributed by atoms with Gasteiger partial charge in [0, 0.05) is 11.3 Å². The van der Waals surface area contributed by atoms with Crippen LogP contribution in [0, 0.1) is 5.82 Å². The second-order valence-corrected chi connectivity index (χ2v) is 7.37. The van der Waals surface area contributed by atoms with Gasteiger partial charge >= 0.3 is 0 Å². The van der Waals surface area contributed by atoms with Crippen LogP contribution >= 0.6 is 11.8 Å². The summed E-state index contributed by atoms with van der Waals surface area (Å²) in [4.78, 5) is 0. The van der Waals surface area contributed by atoms with Crippen LogP contribution in [0.15, 0.2) is 76.9 Å². The zero-order chi connectivity index (χ0) is 21.4. The van der Waals surface area contributed by atoms with E-state index in [0.29, 0.717) is 21.6 Å². The number of fused-ring (bicyclic) bond motifs is 1. The standard InChI is InChI=1S/C20H12F3N7S/c21-13-8-6-12(7-9-13)18-25-27-20(29(18)14-4-2-1-3-5-14)31-16-11-10-15-24-26-19(17(22)23)30(15)28-16/h1-11,17H. The van der Waals surface area contributed by atoms with Gasteiger partial charge in [-0.25, -0.2) is 13.2 Å². The van der Waals surface area contributed by atoms with Crippen molar-refractivity contribution in [2.24, 2.45) is 0 Å². The largest absolute Gasteiger partial charge is 0.299 e. The van der Waals surface area contributed by atoms with Crippen LogP contribution in [0.2, 0.25) is 0 Å². The number of aromatic nitrogens is 7. The molecule has 11 heteroatoms. The first-order chi connectivity index (χ1) is 15.1. The van der Waals surface area contributed by atoms with Gasteiger partial charge in [0.15, 0.2) is 11.5 Å². The molecule has 0 spiro atoms. The summed E-state index contributed by atoms with van der Waals surface area (Å²) in [5, 5.41) is 20.8. The highest BCUT2D eigenvalue weighted by molar-refractivity contribution is 7.99. The van der Waals surface area contributed by atoms with Crippen molar-refractivity contribution in [1.82, 2.24) is 34.6 Å². The summed E-state index contributed by atoms with van der Waals surface area (Å²) in [6, 6.07) is 18.5. The van der Waals surface area contributed by atoms with Gasteiger partial charge in [0.05, 0.1) is 0 Å². The molecule has 0 amide bonds. The van der Waals surface area contributed by atoms with E-state index in [1.54, 1.807) is 28.8 Å². The summed E-state index contributed by atoms with van der Waals surface area (Å²) in [5.41, 5.74) is 1.68. The number of alkyl halides is 2. The highest BCUT2D eigenvalue weighted by Gasteiger charge is 2.20. The van der Waals surface area contributed by atoms with Crippen LogP contribution in [0.25, 0.3) is 22.7 Å². The Morgan fingerprint density at radius 2 is 1.58 bits per heavy atom. The molecule has 0 aliphatic carbocycles. The molecular formula is C20H12F3N7S. The lowest BCUT2D eigenvalue weighted by atomic mass is 10.2. The van der Waals surface area contributed by atoms with Crippen LogP contribution in [0.4, 0.5) is 13.2 Å². The fourth-order valence-electron chi connectivity index (χ4n) is 3.00. The molecule has 0 aliphatic rings. The molecule has 0 saturated heterocycles. The summed E-state index contributed by atoms with van der Waals surface area (Å²) < 4.78 is 42.5. The van der Waals surface area contributed by atoms with Crippen LogP contribution in [0.1, 0.15) is 12.2 Å². The Morgan fingerprint density at radius 3 is 2.32 bits per heavy atom. The minimum Gasteiger partial charge on any atom is -0.270 e. The highest BCUT2D eigenvalue weighted by atomic mass is 32.2. The van der Waals surface area contributed by atoms with Crippen LogP contribution in [-0.2, 0) is 0 Å². The fourth-order valence-corrected chi connectivity index (χ4v) is 3.81. The van der Waals surface area contributed by atoms with Gasteiger partial charge in [-0.15, -0.1) is 20.4 Å². The smallest absolute Gasteiger partial charge is 0.270 e. The fraction of sp³-hybridized carbons (Fsp3) is 0.0500. The van der Waals surface area contributed by atoms with E-state index in [1.165, 1.54) is 12.1 Å². The van der Waals surface area contributed by atoms with Crippen molar-refractivity contribution in [1.29, 1.82) is 0 Å². The highest BCUT2D eigenvalue weighted by Crippen LogP contribution is 2.31. The number of para-hydroxylation sites is 1. The van der Waals surface area contributed by atoms with E-state index in [1.807, 2.05) is 30.3 Å². The first kappa shape index (κ1) is 19.2. The first-order valence-corrected chi connectivity index (χ1v) is 9.87. The second-order valence-electron chi connectivity index (χ2n) is 6.39. The molecule has 3 heterocycles. The number of hydrogen-bond acceptors (Lipinski definition) is 6. The van der Waals surface area contributed by atoms with Crippen LogP contribution in [0.3, 0.4) is 0 Å². The molecule has 5 aromatic rings. The van der Waals surface area contributed by atoms with Gasteiger partial charge in [-0.3, -0.25) is 4.57 Å². The first-order valence-electron chi connectivity index (χ1n) is 9.05. The molecule has 0 fully saturated rings. The van der Waals surface area contributed by atoms with Crippen molar-refractivity contribution < 1.29 is 13.2 Å². The number of benzene rings is 2. The Balaban J connectivity index is 1.60. The topological polar surface area (TPSA) is 73.8 Å². The maximum Gasteiger partial charge on any atom is 0.299 e. The molecule has 0 atom stereocenters. The lowest BCUT2D eigenvalue weighted by Gasteiger charge is -2.10. The minimum atomic E-state index is -2.80. The Labute approximate surface area is 177 Å². The van der Waals surface area contributed by atoms with E-state index in [9.17, 15) is 13.2 Å². The van der Waals surface area contributed by atoms with Gasteiger partial charge in [-0.05, 0) is 60.3 Å². The van der Waals surface area contributed by atoms with Gasteiger partial charge < -0.3 is 0 Å². The number of hydrogen-bond donors (Lipinski definition) is 0. The molecule has 0 N–H and O–H groups in total. The number of halogens is 3. The van der Waals surface area contributed by atoms with Crippen LogP contribution < -0.4 is 0 Å². The van der Waals surface area contributed by atoms with Gasteiger partial charge in [-0.1, -0.05) is 18.2 Å². The maximum atomic E-state index is 13.4. The Bertz CT molecular complexity index is 1350. The molecule has 31 heavy (non-hydrogen) atoms. The van der Waals surface area contributed by atoms with Gasteiger partial charge in [0.2, 0.25) is 11.0 Å². The van der Waals surface area contributed by atoms with E-state index in [4.69, 9.17) is 0 Å². The van der Waals surface area contributed by atoms with Crippen LogP contribution in [-0.4, -0.2) is 34.6 Å². The van der Waals surface area contributed by atoms with E-state index in [0.717, 1.165) is 22.0 Å². The van der Waals surface area contributed by atoms with Gasteiger partial charge in [0.1, 0.15) is 10.8 Å². The second kappa shape index (κ2) is 7.84. The molecule has 2 aromatic carbocycles. The molecule has 0 radical (unpaired) electrons. The van der Waals surface area contributed by atoms with Crippen molar-refractivity contribution in [2.75, 3.05) is 0 Å². The molecule has 0 bridgehead atoms. The predicted molar refractivity (Wildman–Crippen MR) is 107 cm³/mol. The average Bonchev–Trinajstić information content (AvgIpc) is 3.39. The maximum absolute atomic E-state index is 13.4. The van der Waals surface area contributed by atoms with E-state index < -0.39 is 12.2 Å². The summed E-state index contributed by atoms with van der Waals surface area (Å²) in [6.07, 6.45) is -2.80. The van der Waals surface area contributed by atoms with Gasteiger partial charge in [-0.2, -0.15) is 9.61 Å². The zero-order valence-corrected chi connectivity index (χ0v) is 16.4. The predicted octanol–water partition coefficient (Wildman–Crippen LogP) is 4.60. The lowest BCUT2D eigenvalue weighted by Crippen LogP contribution is -2.02. The molecule has 0 aliphatic heterocycles. The van der Waals surface area contributed by atoms with Crippen molar-refractivity contribution in [3.05, 3.63) is 78.4 Å². The molecule has 0 unspecified atom stereocenters. The lowest BCUT2D eigenvalue weighted by molar-refractivity contribution is 0.137. The minimum absolute atomic E-state index is 0.219. The third kappa shape index (κ3) is 3.63. The molecule has 0 saturated carbocycles. The zero-order valence-electron chi connectivity index (χ0n) is 15.6. The molecule has 154 valence electrons. The average molecular weight is 439 g/mol. The van der Waals surface area contributed by atoms with Gasteiger partial charge in [0.25, 0.3) is 6.43 Å². The van der Waals surface area contributed by atoms with Crippen molar-refractivity contribution in [3.8, 4) is 17.1 Å². The van der Waals surface area contributed by atoms with E-state index >= 15 is 0 Å². The third-order valence-electron chi connectivity index (χ3n) is 4.40. The quantitative estimate of drug-likeness (QED) is 0.399. The normalized spacial score (nSPS) is 11.5. The molecule has 7 nitrogen and oxygen atoms in total. The Kier molecular flexibility index (Phi) is 4.86. The summed E-state index contributed by atoms with van der Waals surface area (Å²) in [6.45, 7) is 0. The van der Waals surface area contributed by atoms with E-state index in [-0.39, 0.29) is 11.5 Å². The number of rotatable bonds is 5. The molecular weight excluding hydrogens is 427 g/mol. The Morgan fingerprint density at radius 1 is 0.806 bits per heavy atom. The monoisotopic (exact) mass is 439 g/mol.